The van der Waals surface area contributed by atoms with E-state index in [1.807, 2.05) is 0 Å². The molecule has 0 fully saturated rings. The Labute approximate surface area is 152 Å². The standard InChI is InChI=1S/C15H14F3N5O3S/c1-10-20-21-13-5-6-14(22-23(10)13)26-8-7-19-27(24,25)12-4-2-3-11(9-12)15(16,17)18/h2-6,9,19H,7-8H2,1H3. The molecule has 0 bridgehead atoms. The second-order valence-electron chi connectivity index (χ2n) is 5.46. The van der Waals surface area contributed by atoms with Crippen LogP contribution in [-0.2, 0) is 16.2 Å². The zero-order chi connectivity index (χ0) is 19.7. The number of aryl methyl sites for hydroxylation is 1. The summed E-state index contributed by atoms with van der Waals surface area (Å²) < 4.78 is 71.4. The summed E-state index contributed by atoms with van der Waals surface area (Å²) in [6.07, 6.45) is -4.63. The molecule has 0 saturated carbocycles. The summed E-state index contributed by atoms with van der Waals surface area (Å²) in [5.74, 6) is 0.782. The minimum absolute atomic E-state index is 0.0716. The molecule has 0 aliphatic heterocycles. The van der Waals surface area contributed by atoms with Gasteiger partial charge in [0.2, 0.25) is 15.9 Å². The summed E-state index contributed by atoms with van der Waals surface area (Å²) in [6.45, 7) is 1.48. The average Bonchev–Trinajstić information content (AvgIpc) is 2.99. The number of aromatic nitrogens is 4. The maximum absolute atomic E-state index is 12.7. The SMILES string of the molecule is Cc1nnc2ccc(OCCNS(=O)(=O)c3cccc(C(F)(F)F)c3)nn12. The van der Waals surface area contributed by atoms with Gasteiger partial charge in [-0.1, -0.05) is 6.07 Å². The van der Waals surface area contributed by atoms with Crippen molar-refractivity contribution in [3.05, 3.63) is 47.8 Å². The van der Waals surface area contributed by atoms with Crippen molar-refractivity contribution in [2.24, 2.45) is 0 Å². The molecule has 27 heavy (non-hydrogen) atoms. The van der Waals surface area contributed by atoms with E-state index in [0.29, 0.717) is 17.5 Å². The number of hydrogen-bond donors (Lipinski definition) is 1. The molecule has 1 N–H and O–H groups in total. The highest BCUT2D eigenvalue weighted by Gasteiger charge is 2.31. The van der Waals surface area contributed by atoms with Gasteiger partial charge in [0.15, 0.2) is 11.5 Å². The van der Waals surface area contributed by atoms with E-state index in [4.69, 9.17) is 4.74 Å². The molecule has 2 aromatic heterocycles. The van der Waals surface area contributed by atoms with Crippen molar-refractivity contribution in [1.82, 2.24) is 24.5 Å². The number of ether oxygens (including phenoxy) is 1. The van der Waals surface area contributed by atoms with Gasteiger partial charge >= 0.3 is 6.18 Å². The molecule has 0 atom stereocenters. The number of alkyl halides is 3. The van der Waals surface area contributed by atoms with E-state index in [1.165, 1.54) is 4.52 Å². The topological polar surface area (TPSA) is 98.5 Å². The van der Waals surface area contributed by atoms with Crippen LogP contribution in [0.5, 0.6) is 5.88 Å². The molecule has 144 valence electrons. The molecule has 0 aliphatic carbocycles. The second-order valence-corrected chi connectivity index (χ2v) is 7.23. The highest BCUT2D eigenvalue weighted by molar-refractivity contribution is 7.89. The van der Waals surface area contributed by atoms with Gasteiger partial charge in [-0.15, -0.1) is 15.3 Å². The summed E-state index contributed by atoms with van der Waals surface area (Å²) in [6, 6.07) is 6.68. The van der Waals surface area contributed by atoms with Crippen LogP contribution < -0.4 is 9.46 Å². The fourth-order valence-electron chi connectivity index (χ4n) is 2.21. The molecular weight excluding hydrogens is 387 g/mol. The highest BCUT2D eigenvalue weighted by Crippen LogP contribution is 2.30. The number of rotatable bonds is 6. The highest BCUT2D eigenvalue weighted by atomic mass is 32.2. The molecule has 0 unspecified atom stereocenters. The first-order valence-electron chi connectivity index (χ1n) is 7.65. The van der Waals surface area contributed by atoms with Gasteiger partial charge in [-0.25, -0.2) is 13.1 Å². The Bertz CT molecular complexity index is 1070. The smallest absolute Gasteiger partial charge is 0.416 e. The van der Waals surface area contributed by atoms with E-state index >= 15 is 0 Å². The minimum Gasteiger partial charge on any atom is -0.475 e. The van der Waals surface area contributed by atoms with Gasteiger partial charge in [0, 0.05) is 12.6 Å². The molecule has 0 spiro atoms. The normalized spacial score (nSPS) is 12.4. The van der Waals surface area contributed by atoms with Crippen LogP contribution in [0.2, 0.25) is 0 Å². The van der Waals surface area contributed by atoms with Gasteiger partial charge in [0.25, 0.3) is 0 Å². The van der Waals surface area contributed by atoms with E-state index in [-0.39, 0.29) is 19.0 Å². The van der Waals surface area contributed by atoms with E-state index in [0.717, 1.165) is 18.2 Å². The van der Waals surface area contributed by atoms with Gasteiger partial charge in [-0.05, 0) is 31.2 Å². The largest absolute Gasteiger partial charge is 0.475 e. The lowest BCUT2D eigenvalue weighted by atomic mass is 10.2. The number of fused-ring (bicyclic) bond motifs is 1. The molecular formula is C15H14F3N5O3S. The lowest BCUT2D eigenvalue weighted by Crippen LogP contribution is -2.28. The van der Waals surface area contributed by atoms with E-state index in [9.17, 15) is 21.6 Å². The number of nitrogens with zero attached hydrogens (tertiary/aromatic N) is 4. The van der Waals surface area contributed by atoms with Gasteiger partial charge in [-0.3, -0.25) is 0 Å². The zero-order valence-electron chi connectivity index (χ0n) is 13.9. The second kappa shape index (κ2) is 7.12. The van der Waals surface area contributed by atoms with Gasteiger partial charge < -0.3 is 4.74 Å². The predicted octanol–water partition coefficient (Wildman–Crippen LogP) is 1.81. The van der Waals surface area contributed by atoms with Crippen LogP contribution in [0.15, 0.2) is 41.3 Å². The Morgan fingerprint density at radius 1 is 1.19 bits per heavy atom. The van der Waals surface area contributed by atoms with Crippen molar-refractivity contribution in [3.8, 4) is 5.88 Å². The number of nitrogens with one attached hydrogen (secondary N) is 1. The van der Waals surface area contributed by atoms with Crippen LogP contribution in [0, 0.1) is 6.92 Å². The van der Waals surface area contributed by atoms with Crippen molar-refractivity contribution < 1.29 is 26.3 Å². The molecule has 8 nitrogen and oxygen atoms in total. The van der Waals surface area contributed by atoms with Crippen molar-refractivity contribution in [3.63, 3.8) is 0 Å². The maximum Gasteiger partial charge on any atom is 0.416 e. The summed E-state index contributed by atoms with van der Waals surface area (Å²) in [4.78, 5) is -0.475. The Morgan fingerprint density at radius 3 is 2.70 bits per heavy atom. The number of halogens is 3. The van der Waals surface area contributed by atoms with Crippen molar-refractivity contribution in [2.45, 2.75) is 18.0 Å². The van der Waals surface area contributed by atoms with Crippen molar-refractivity contribution >= 4 is 15.7 Å². The van der Waals surface area contributed by atoms with Crippen molar-refractivity contribution in [1.29, 1.82) is 0 Å². The number of benzene rings is 1. The minimum atomic E-state index is -4.63. The summed E-state index contributed by atoms with van der Waals surface area (Å²) >= 11 is 0. The molecule has 3 rings (SSSR count). The van der Waals surface area contributed by atoms with Crippen LogP contribution in [0.1, 0.15) is 11.4 Å². The monoisotopic (exact) mass is 401 g/mol. The molecule has 0 amide bonds. The third kappa shape index (κ3) is 4.34. The maximum atomic E-state index is 12.7. The quantitative estimate of drug-likeness (QED) is 0.633. The predicted molar refractivity (Wildman–Crippen MR) is 87.6 cm³/mol. The fraction of sp³-hybridized carbons (Fsp3) is 0.267. The van der Waals surface area contributed by atoms with Gasteiger partial charge in [0.05, 0.1) is 10.5 Å². The summed E-state index contributed by atoms with van der Waals surface area (Å²) in [7, 11) is -4.11. The van der Waals surface area contributed by atoms with Gasteiger partial charge in [0.1, 0.15) is 6.61 Å². The molecule has 0 aliphatic rings. The molecule has 1 aromatic carbocycles. The first-order valence-corrected chi connectivity index (χ1v) is 9.14. The first-order chi connectivity index (χ1) is 12.7. The average molecular weight is 401 g/mol. The Morgan fingerprint density at radius 2 is 1.96 bits per heavy atom. The first kappa shape index (κ1) is 19.0. The lowest BCUT2D eigenvalue weighted by molar-refractivity contribution is -0.137. The van der Waals surface area contributed by atoms with Crippen LogP contribution in [0.3, 0.4) is 0 Å². The lowest BCUT2D eigenvalue weighted by Gasteiger charge is -2.10. The molecule has 12 heteroatoms. The summed E-state index contributed by atoms with van der Waals surface area (Å²) in [5.41, 5.74) is -0.506. The van der Waals surface area contributed by atoms with E-state index in [2.05, 4.69) is 20.0 Å². The third-order valence-electron chi connectivity index (χ3n) is 3.51. The molecule has 3 aromatic rings. The zero-order valence-corrected chi connectivity index (χ0v) is 14.8. The number of hydrogen-bond acceptors (Lipinski definition) is 6. The molecule has 0 radical (unpaired) electrons. The van der Waals surface area contributed by atoms with Crippen LogP contribution in [0.4, 0.5) is 13.2 Å². The van der Waals surface area contributed by atoms with Crippen LogP contribution in [0.25, 0.3) is 5.65 Å². The molecule has 0 saturated heterocycles. The van der Waals surface area contributed by atoms with E-state index in [1.54, 1.807) is 19.1 Å². The van der Waals surface area contributed by atoms with Gasteiger partial charge in [-0.2, -0.15) is 17.7 Å². The fourth-order valence-corrected chi connectivity index (χ4v) is 3.27. The Kier molecular flexibility index (Phi) is 5.02. The number of sulfonamides is 1. The van der Waals surface area contributed by atoms with Crippen molar-refractivity contribution in [2.75, 3.05) is 13.2 Å². The van der Waals surface area contributed by atoms with E-state index < -0.39 is 26.7 Å². The Balaban J connectivity index is 1.61. The summed E-state index contributed by atoms with van der Waals surface area (Å²) in [5, 5.41) is 11.8. The third-order valence-corrected chi connectivity index (χ3v) is 4.97. The molecule has 2 heterocycles. The van der Waals surface area contributed by atoms with Crippen LogP contribution >= 0.6 is 0 Å². The Hall–Kier alpha value is -2.73. The van der Waals surface area contributed by atoms with Crippen LogP contribution in [-0.4, -0.2) is 41.4 Å².